The molecule has 45 heteroatoms. The number of hydrogen-bond acceptors (Lipinski definition) is 37. The van der Waals surface area contributed by atoms with Crippen molar-refractivity contribution in [1.82, 2.24) is 0 Å². The molecule has 0 atom stereocenters. The van der Waals surface area contributed by atoms with Gasteiger partial charge in [0.05, 0.1) is 0 Å². The summed E-state index contributed by atoms with van der Waals surface area (Å²) >= 11 is 0. The first kappa shape index (κ1) is 135. The zero-order valence-corrected chi connectivity index (χ0v) is 105. The minimum atomic E-state index is -4.11. The van der Waals surface area contributed by atoms with E-state index in [9.17, 15) is 0 Å². The zero-order chi connectivity index (χ0) is 94.8. The van der Waals surface area contributed by atoms with Gasteiger partial charge in [-0.25, -0.2) is 0 Å². The molecule has 0 aliphatic heterocycles. The van der Waals surface area contributed by atoms with E-state index in [1.54, 1.807) is 0 Å². The van der Waals surface area contributed by atoms with Crippen LogP contribution in [0.5, 0.6) is 0 Å². The van der Waals surface area contributed by atoms with Crippen LogP contribution in [-0.2, 0) is 92.0 Å². The van der Waals surface area contributed by atoms with Gasteiger partial charge in [-0.15, -0.1) is 0 Å². The Kier molecular flexibility index (Phi) is 101. The smallest absolute Gasteiger partial charge is 0.374 e. The van der Waals surface area contributed by atoms with Gasteiger partial charge in [0.2, 0.25) is 0 Å². The Morgan fingerprint density at radius 1 is 0.109 bits per heavy atom. The van der Waals surface area contributed by atoms with E-state index in [0.717, 1.165) is 145 Å². The Labute approximate surface area is 864 Å². The third kappa shape index (κ3) is 72.5. The zero-order valence-electron chi connectivity index (χ0n) is 83.8. The molecule has 0 N–H and O–H groups in total. The van der Waals surface area contributed by atoms with Crippen LogP contribution in [0, 0.1) is 0 Å². The highest BCUT2D eigenvalue weighted by Crippen LogP contribution is 2.42. The Bertz CT molecular complexity index is 2080. The van der Waals surface area contributed by atoms with Crippen LogP contribution in [0.2, 0.25) is 48.4 Å². The van der Waals surface area contributed by atoms with Crippen molar-refractivity contribution >= 4 is 243 Å². The van der Waals surface area contributed by atoms with Crippen LogP contribution in [0.25, 0.3) is 0 Å². The van der Waals surface area contributed by atoms with E-state index in [2.05, 4.69) is 41.5 Å². The molecule has 0 heterocycles. The van der Waals surface area contributed by atoms with Crippen LogP contribution in [0.4, 0.5) is 0 Å². The molecule has 0 bridgehead atoms. The van der Waals surface area contributed by atoms with E-state index >= 15 is 0 Å². The van der Waals surface area contributed by atoms with Gasteiger partial charge in [0.25, 0.3) is 0 Å². The largest absolute Gasteiger partial charge is 0.500 e. The van der Waals surface area contributed by atoms with E-state index in [4.69, 9.17) is 92.0 Å². The molecule has 0 aromatic carbocycles. The summed E-state index contributed by atoms with van der Waals surface area (Å²) in [6, 6.07) is 5.87. The first-order chi connectivity index (χ1) is 63.0. The Morgan fingerprint density at radius 2 is 0.202 bits per heavy atom. The lowest BCUT2D eigenvalue weighted by Crippen LogP contribution is -2.68. The van der Waals surface area contributed by atoms with Gasteiger partial charge in [-0.3, -0.25) is 0 Å². The standard InChI is InChI=1S/C84H186O21S16Si8/c1-19-85-122(86-20-2,87-21-3)77-53-69-114-106-61-45-37-41-49-65-110-118-73-57-81-126(97-31-13,98-32-14)103-129(84-60-76-121-113-68-52-44-40-48-64-109-117-72-56-80-125(94-28-10,95-29-11)96-30-12,104-127(99-33-15,100-34-16)82-58-74-119-111-66-50-42-38-46-62-107-115-70-54-78-123(88-22-4,89-23-5)90-24-6)105-128(101-35-17,102-36-18)83-59-75-120-112-67-51-43-39-47-63-108-116-71-55-79-124(91-25-7,92-26-8)93-27-9/h19-84H2,1-18H3. The molecule has 0 aliphatic carbocycles. The minimum absolute atomic E-state index is 0.425. The molecule has 0 saturated heterocycles. The van der Waals surface area contributed by atoms with Gasteiger partial charge in [0.15, 0.2) is 0 Å². The van der Waals surface area contributed by atoms with E-state index in [0.29, 0.717) is 143 Å². The van der Waals surface area contributed by atoms with Crippen molar-refractivity contribution in [2.24, 2.45) is 0 Å². The molecular formula is C84H186O21S16Si8. The topological polar surface area (TPSA) is 194 Å². The summed E-state index contributed by atoms with van der Waals surface area (Å²) in [7, 11) is 6.34. The monoisotopic (exact) mass is 2270 g/mol. The van der Waals surface area contributed by atoms with Gasteiger partial charge in [0.1, 0.15) is 0 Å². The summed E-state index contributed by atoms with van der Waals surface area (Å²) in [6.45, 7) is 46.8. The van der Waals surface area contributed by atoms with Crippen molar-refractivity contribution < 1.29 is 92.0 Å². The third-order valence-electron chi connectivity index (χ3n) is 18.7. The third-order valence-corrected chi connectivity index (χ3v) is 67.6. The molecular weight excluding hydrogens is 2080 g/mol. The molecule has 0 rings (SSSR count). The molecule has 0 aromatic rings. The van der Waals surface area contributed by atoms with Crippen molar-refractivity contribution in [2.75, 3.05) is 211 Å². The first-order valence-electron chi connectivity index (χ1n) is 49.6. The lowest BCUT2D eigenvalue weighted by Gasteiger charge is -2.45. The van der Waals surface area contributed by atoms with Crippen molar-refractivity contribution in [1.29, 1.82) is 0 Å². The van der Waals surface area contributed by atoms with Gasteiger partial charge in [-0.2, -0.15) is 0 Å². The van der Waals surface area contributed by atoms with Crippen molar-refractivity contribution in [3.8, 4) is 0 Å². The summed E-state index contributed by atoms with van der Waals surface area (Å²) in [5.74, 6) is 17.2. The average Bonchev–Trinajstić information content (AvgIpc) is 0.766. The van der Waals surface area contributed by atoms with E-state index in [1.165, 1.54) is 126 Å². The maximum atomic E-state index is 8.07. The second kappa shape index (κ2) is 96.6. The van der Waals surface area contributed by atoms with Crippen LogP contribution in [0.3, 0.4) is 0 Å². The van der Waals surface area contributed by atoms with Crippen LogP contribution in [0.15, 0.2) is 0 Å². The Hall–Kier alpha value is 6.50. The highest BCUT2D eigenvalue weighted by molar-refractivity contribution is 8.78. The Balaban J connectivity index is 6.92. The summed E-state index contributed by atoms with van der Waals surface area (Å²) in [6.07, 6.45) is 27.2. The van der Waals surface area contributed by atoms with Gasteiger partial charge < -0.3 is 92.0 Å². The fourth-order valence-corrected chi connectivity index (χ4v) is 61.3. The summed E-state index contributed by atoms with van der Waals surface area (Å²) in [4.78, 5) is 0. The normalized spacial score (nSPS) is 13.0. The molecule has 0 amide bonds. The van der Waals surface area contributed by atoms with Crippen LogP contribution >= 0.6 is 173 Å². The molecule has 0 unspecified atom stereocenters. The number of hydrogen-bond donors (Lipinski definition) is 0. The molecule has 21 nitrogen and oxygen atoms in total. The second-order valence-corrected chi connectivity index (χ2v) is 73.4. The van der Waals surface area contributed by atoms with Gasteiger partial charge in [-0.05, 0) is 227 Å². The summed E-state index contributed by atoms with van der Waals surface area (Å²) in [5, 5.41) is 0. The van der Waals surface area contributed by atoms with Gasteiger partial charge >= 0.3 is 70.4 Å². The summed E-state index contributed by atoms with van der Waals surface area (Å²) in [5.41, 5.74) is 0. The molecule has 0 saturated carbocycles. The van der Waals surface area contributed by atoms with Crippen LogP contribution in [0.1, 0.15) is 279 Å². The fourth-order valence-electron chi connectivity index (χ4n) is 13.6. The van der Waals surface area contributed by atoms with E-state index in [1.807, 2.05) is 256 Å². The maximum absolute atomic E-state index is 8.07. The highest BCUT2D eigenvalue weighted by atomic mass is 33.1. The molecule has 129 heavy (non-hydrogen) atoms. The molecule has 0 fully saturated rings. The lowest BCUT2D eigenvalue weighted by molar-refractivity contribution is 0.0334. The van der Waals surface area contributed by atoms with Crippen molar-refractivity contribution in [3.05, 3.63) is 0 Å². The van der Waals surface area contributed by atoms with E-state index < -0.39 is 70.4 Å². The number of unbranched alkanes of at least 4 members (excludes halogenated alkanes) is 12. The lowest BCUT2D eigenvalue weighted by atomic mass is 10.2. The van der Waals surface area contributed by atoms with Gasteiger partial charge in [-0.1, -0.05) is 224 Å². The predicted octanol–water partition coefficient (Wildman–Crippen LogP) is 29.6. The minimum Gasteiger partial charge on any atom is -0.374 e. The first-order valence-corrected chi connectivity index (χ1v) is 85.0. The summed E-state index contributed by atoms with van der Waals surface area (Å²) < 4.78 is 140. The van der Waals surface area contributed by atoms with E-state index in [-0.39, 0.29) is 0 Å². The maximum Gasteiger partial charge on any atom is 0.500 e. The van der Waals surface area contributed by atoms with Crippen molar-refractivity contribution in [2.45, 2.75) is 327 Å². The van der Waals surface area contributed by atoms with Crippen molar-refractivity contribution in [3.63, 3.8) is 0 Å². The highest BCUT2D eigenvalue weighted by Gasteiger charge is 2.63. The van der Waals surface area contributed by atoms with Crippen LogP contribution in [-0.4, -0.2) is 281 Å². The molecule has 0 aliphatic rings. The molecule has 776 valence electrons. The average molecular weight is 2270 g/mol. The Morgan fingerprint density at radius 3 is 0.318 bits per heavy atom. The SMILES string of the molecule is CCO[Si](CCCSSCCCCCCSSCCC[Si](OCC)(OCC)O[Si](CCCSSCCCCCCSSCCC[Si](OCC)(OCC)OCC)(O[Si](CCCSSCCCCCCSSCCC[Si](OCC)(OCC)OCC)(OCC)OCC)O[Si](CCCSSCCCCCCSSCCC[Si](OCC)(OCC)OCC)(OCC)OCC)(OCC)OCC. The second-order valence-electron chi connectivity index (χ2n) is 29.2. The molecule has 0 aromatic heterocycles. The predicted molar refractivity (Wildman–Crippen MR) is 607 cm³/mol. The quantitative estimate of drug-likeness (QED) is 0.0317. The number of rotatable bonds is 110. The fraction of sp³-hybridized carbons (Fsp3) is 1.00. The van der Waals surface area contributed by atoms with Gasteiger partial charge in [0, 0.05) is 259 Å². The molecule has 0 spiro atoms. The van der Waals surface area contributed by atoms with Crippen LogP contribution < -0.4 is 0 Å². The molecule has 0 radical (unpaired) electrons.